The third-order valence-electron chi connectivity index (χ3n) is 7.05. The van der Waals surface area contributed by atoms with Gasteiger partial charge in [0.2, 0.25) is 5.79 Å². The number of aliphatic hydroxyl groups excluding tert-OH is 1. The largest absolute Gasteiger partial charge is 0.415 e. The predicted octanol–water partition coefficient (Wildman–Crippen LogP) is 8.27. The summed E-state index contributed by atoms with van der Waals surface area (Å²) in [6.07, 6.45) is -0.807. The maximum absolute atomic E-state index is 7.22. The summed E-state index contributed by atoms with van der Waals surface area (Å²) in [6, 6.07) is 11.0. The minimum absolute atomic E-state index is 0.349. The van der Waals surface area contributed by atoms with Crippen LogP contribution in [0, 0.1) is 13.8 Å². The second kappa shape index (κ2) is 15.8. The molecule has 7 nitrogen and oxygen atoms in total. The maximum Gasteiger partial charge on any atom is 0.223 e. The SMILES string of the molecule is CO.COC1(c2ccc(C)c(Cc3ccc(C)s3)c2)O[C@H](CO[Si](C)(C)C)[C@@H](O[Si](C)(C)C)[C@H](O[Si](C)(C)C)[C@H]1O[Si](C)(C)C. The zero-order valence-corrected chi connectivity index (χ0v) is 35.7. The van der Waals surface area contributed by atoms with E-state index in [4.69, 9.17) is 32.3 Å². The molecule has 1 aromatic carbocycles. The van der Waals surface area contributed by atoms with Gasteiger partial charge < -0.3 is 32.3 Å². The second-order valence-corrected chi connectivity index (χ2v) is 35.1. The van der Waals surface area contributed by atoms with Gasteiger partial charge in [-0.3, -0.25) is 0 Å². The second-order valence-electron chi connectivity index (χ2n) is 15.8. The highest BCUT2D eigenvalue weighted by Gasteiger charge is 2.60. The summed E-state index contributed by atoms with van der Waals surface area (Å²) < 4.78 is 41.6. The molecule has 3 rings (SSSR count). The van der Waals surface area contributed by atoms with Crippen molar-refractivity contribution < 1.29 is 32.3 Å². The van der Waals surface area contributed by atoms with Crippen molar-refractivity contribution in [1.82, 2.24) is 0 Å². The van der Waals surface area contributed by atoms with Gasteiger partial charge in [0.05, 0.1) is 6.61 Å². The van der Waals surface area contributed by atoms with Gasteiger partial charge in [0.1, 0.15) is 24.4 Å². The molecule has 1 aliphatic heterocycles. The van der Waals surface area contributed by atoms with Crippen molar-refractivity contribution in [3.63, 3.8) is 0 Å². The van der Waals surface area contributed by atoms with Gasteiger partial charge in [0.25, 0.3) is 0 Å². The van der Waals surface area contributed by atoms with Crippen molar-refractivity contribution in [3.05, 3.63) is 56.8 Å². The van der Waals surface area contributed by atoms with E-state index in [2.05, 4.69) is 123 Å². The number of hydrogen-bond acceptors (Lipinski definition) is 8. The number of methoxy groups -OCH3 is 1. The first-order chi connectivity index (χ1) is 20.5. The molecule has 2 heterocycles. The Bertz CT molecular complexity index is 1210. The Morgan fingerprint density at radius 1 is 0.756 bits per heavy atom. The lowest BCUT2D eigenvalue weighted by atomic mass is 9.86. The molecule has 1 unspecified atom stereocenters. The average Bonchev–Trinajstić information content (AvgIpc) is 3.30. The molecule has 0 bridgehead atoms. The molecule has 1 saturated heterocycles. The van der Waals surface area contributed by atoms with Crippen LogP contribution >= 0.6 is 11.3 Å². The first-order valence-corrected chi connectivity index (χ1v) is 30.5. The highest BCUT2D eigenvalue weighted by molar-refractivity contribution is 7.11. The van der Waals surface area contributed by atoms with Crippen molar-refractivity contribution in [2.24, 2.45) is 0 Å². The van der Waals surface area contributed by atoms with Crippen LogP contribution in [0.4, 0.5) is 0 Å². The Labute approximate surface area is 282 Å². The molecule has 1 aromatic heterocycles. The summed E-state index contributed by atoms with van der Waals surface area (Å²) in [6.45, 7) is 31.4. The molecule has 1 fully saturated rings. The summed E-state index contributed by atoms with van der Waals surface area (Å²) in [7, 11) is -5.38. The predicted molar refractivity (Wildman–Crippen MR) is 199 cm³/mol. The van der Waals surface area contributed by atoms with Crippen molar-refractivity contribution in [2.75, 3.05) is 20.8 Å². The Balaban J connectivity index is 0.00000345. The van der Waals surface area contributed by atoms with Gasteiger partial charge in [-0.05, 0) is 122 Å². The van der Waals surface area contributed by atoms with Gasteiger partial charge in [0.15, 0.2) is 33.3 Å². The quantitative estimate of drug-likeness (QED) is 0.210. The van der Waals surface area contributed by atoms with Crippen molar-refractivity contribution in [2.45, 2.75) is 129 Å². The van der Waals surface area contributed by atoms with E-state index in [0.29, 0.717) is 6.61 Å². The normalized spacial score (nSPS) is 24.7. The van der Waals surface area contributed by atoms with Crippen molar-refractivity contribution in [1.29, 1.82) is 0 Å². The fraction of sp³-hybridized carbons (Fsp3) is 0.697. The molecule has 0 spiro atoms. The van der Waals surface area contributed by atoms with Gasteiger partial charge in [-0.25, -0.2) is 0 Å². The number of benzene rings is 1. The van der Waals surface area contributed by atoms with E-state index in [1.54, 1.807) is 7.11 Å². The van der Waals surface area contributed by atoms with E-state index in [1.807, 2.05) is 11.3 Å². The number of rotatable bonds is 13. The van der Waals surface area contributed by atoms with Crippen LogP contribution in [0.15, 0.2) is 30.3 Å². The first-order valence-electron chi connectivity index (χ1n) is 16.0. The molecule has 0 aliphatic carbocycles. The van der Waals surface area contributed by atoms with Crippen molar-refractivity contribution >= 4 is 44.6 Å². The number of thiophene rings is 1. The lowest BCUT2D eigenvalue weighted by Crippen LogP contribution is -2.70. The summed E-state index contributed by atoms with van der Waals surface area (Å²) in [5.74, 6) is -1.20. The summed E-state index contributed by atoms with van der Waals surface area (Å²) in [5, 5.41) is 7.00. The summed E-state index contributed by atoms with van der Waals surface area (Å²) in [4.78, 5) is 2.66. The van der Waals surface area contributed by atoms with E-state index < -0.39 is 57.4 Å². The van der Waals surface area contributed by atoms with E-state index in [9.17, 15) is 0 Å². The van der Waals surface area contributed by atoms with Gasteiger partial charge in [-0.2, -0.15) is 0 Å². The van der Waals surface area contributed by atoms with Gasteiger partial charge in [0, 0.05) is 36.0 Å². The molecule has 0 saturated carbocycles. The molecule has 0 amide bonds. The summed E-state index contributed by atoms with van der Waals surface area (Å²) in [5.41, 5.74) is 3.44. The van der Waals surface area contributed by atoms with Crippen LogP contribution in [0.5, 0.6) is 0 Å². The standard InChI is InChI=1S/C32H58O6SSi4.CH4O/c1-23-16-18-26(20-25(23)21-27-19-17-24(2)39-27)32(33-3)31(38-43(13,14)15)30(37-42(10,11)12)29(36-41(7,8)9)28(35-32)22-34-40(4,5)6;1-2/h16-20,28-31H,21-22H2,1-15H3;2H,1H3/t28-,29-,30+,31-,32?;/m1./s1. The number of ether oxygens (including phenoxy) is 2. The third-order valence-corrected chi connectivity index (χ3v) is 12.0. The zero-order valence-electron chi connectivity index (χ0n) is 30.9. The van der Waals surface area contributed by atoms with E-state index >= 15 is 0 Å². The smallest absolute Gasteiger partial charge is 0.223 e. The fourth-order valence-corrected chi connectivity index (χ4v) is 10.2. The molecule has 45 heavy (non-hydrogen) atoms. The van der Waals surface area contributed by atoms with Crippen LogP contribution in [0.1, 0.15) is 26.4 Å². The lowest BCUT2D eigenvalue weighted by Gasteiger charge is -2.55. The zero-order chi connectivity index (χ0) is 34.6. The van der Waals surface area contributed by atoms with E-state index in [-0.39, 0.29) is 6.10 Å². The monoisotopic (exact) mass is 714 g/mol. The molecule has 2 aromatic rings. The van der Waals surface area contributed by atoms with E-state index in [1.165, 1.54) is 20.9 Å². The lowest BCUT2D eigenvalue weighted by molar-refractivity contribution is -0.357. The van der Waals surface area contributed by atoms with Crippen LogP contribution in [0.25, 0.3) is 0 Å². The minimum atomic E-state index is -2.13. The number of aryl methyl sites for hydroxylation is 2. The van der Waals surface area contributed by atoms with Gasteiger partial charge >= 0.3 is 0 Å². The average molecular weight is 715 g/mol. The molecule has 1 aliphatic rings. The molecule has 258 valence electrons. The summed E-state index contributed by atoms with van der Waals surface area (Å²) >= 11 is 1.85. The molecular formula is C33H62O7SSi4. The maximum atomic E-state index is 7.22. The van der Waals surface area contributed by atoms with E-state index in [0.717, 1.165) is 19.1 Å². The van der Waals surface area contributed by atoms with Crippen LogP contribution in [-0.2, 0) is 39.4 Å². The Kier molecular flexibility index (Phi) is 14.3. The third kappa shape index (κ3) is 12.2. The number of hydrogen-bond donors (Lipinski definition) is 1. The van der Waals surface area contributed by atoms with Gasteiger partial charge in [-0.1, -0.05) is 12.1 Å². The first kappa shape index (κ1) is 40.7. The van der Waals surface area contributed by atoms with Gasteiger partial charge in [-0.15, -0.1) is 11.3 Å². The fourth-order valence-electron chi connectivity index (χ4n) is 5.39. The molecular weight excluding hydrogens is 653 g/mol. The Morgan fingerprint density at radius 3 is 1.78 bits per heavy atom. The Hall–Kier alpha value is -0.492. The van der Waals surface area contributed by atoms with Crippen LogP contribution in [-0.4, -0.2) is 83.6 Å². The minimum Gasteiger partial charge on any atom is -0.415 e. The molecule has 1 N–H and O–H groups in total. The molecule has 12 heteroatoms. The van der Waals surface area contributed by atoms with Crippen molar-refractivity contribution in [3.8, 4) is 0 Å². The highest BCUT2D eigenvalue weighted by Crippen LogP contribution is 2.46. The number of aliphatic hydroxyl groups is 1. The van der Waals surface area contributed by atoms with Crippen LogP contribution < -0.4 is 0 Å². The Morgan fingerprint density at radius 2 is 1.31 bits per heavy atom. The highest BCUT2D eigenvalue weighted by atomic mass is 32.1. The topological polar surface area (TPSA) is 75.6 Å². The molecule has 0 radical (unpaired) electrons. The molecule has 5 atom stereocenters. The van der Waals surface area contributed by atoms with Crippen LogP contribution in [0.3, 0.4) is 0 Å². The van der Waals surface area contributed by atoms with Crippen LogP contribution in [0.2, 0.25) is 78.6 Å².